The van der Waals surface area contributed by atoms with Crippen molar-refractivity contribution in [2.45, 2.75) is 31.8 Å². The molecule has 0 saturated carbocycles. The summed E-state index contributed by atoms with van der Waals surface area (Å²) in [6, 6.07) is 16.0. The van der Waals surface area contributed by atoms with Gasteiger partial charge < -0.3 is 20.2 Å². The highest BCUT2D eigenvalue weighted by Gasteiger charge is 2.27. The van der Waals surface area contributed by atoms with Crippen LogP contribution in [0.3, 0.4) is 0 Å². The van der Waals surface area contributed by atoms with Crippen LogP contribution in [0.5, 0.6) is 5.75 Å². The summed E-state index contributed by atoms with van der Waals surface area (Å²) >= 11 is 0. The summed E-state index contributed by atoms with van der Waals surface area (Å²) in [5.41, 5.74) is 3.37. The van der Waals surface area contributed by atoms with E-state index in [2.05, 4.69) is 25.4 Å². The van der Waals surface area contributed by atoms with Gasteiger partial charge in [-0.2, -0.15) is 10.4 Å². The van der Waals surface area contributed by atoms with E-state index in [1.807, 2.05) is 48.3 Å². The number of anilines is 2. The second kappa shape index (κ2) is 12.3. The molecule has 4 aromatic heterocycles. The molecule has 1 fully saturated rings. The molecule has 1 saturated heterocycles. The summed E-state index contributed by atoms with van der Waals surface area (Å²) in [5, 5.41) is 27.6. The van der Waals surface area contributed by atoms with E-state index in [1.54, 1.807) is 46.3 Å². The van der Waals surface area contributed by atoms with Gasteiger partial charge in [-0.3, -0.25) is 9.78 Å². The predicted molar refractivity (Wildman–Crippen MR) is 163 cm³/mol. The Morgan fingerprint density at radius 2 is 2.05 bits per heavy atom. The quantitative estimate of drug-likeness (QED) is 0.264. The molecule has 5 heterocycles. The molecule has 5 aromatic rings. The SMILES string of the molecule is CN(Cc1ccc(-c2nc(-c3cnn4ccccc34)nc(N[C@@H]3CCCN(C(=O)CC#N)C3)c2F)cc1O)c1ccncc1. The average Bonchev–Trinajstić information content (AvgIpc) is 3.48. The predicted octanol–water partition coefficient (Wildman–Crippen LogP) is 4.65. The molecule has 0 aliphatic carbocycles. The van der Waals surface area contributed by atoms with Crippen molar-refractivity contribution in [1.29, 1.82) is 5.26 Å². The number of phenols is 1. The van der Waals surface area contributed by atoms with Crippen LogP contribution in [0.25, 0.3) is 28.2 Å². The molecule has 222 valence electrons. The molecule has 0 radical (unpaired) electrons. The molecule has 0 spiro atoms. The van der Waals surface area contributed by atoms with Gasteiger partial charge in [-0.1, -0.05) is 18.2 Å². The molecule has 1 aliphatic heterocycles. The number of benzene rings is 1. The average molecular weight is 592 g/mol. The van der Waals surface area contributed by atoms with Gasteiger partial charge in [-0.05, 0) is 43.2 Å². The van der Waals surface area contributed by atoms with Crippen molar-refractivity contribution in [1.82, 2.24) is 29.5 Å². The molecule has 1 atom stereocenters. The molecule has 44 heavy (non-hydrogen) atoms. The molecule has 0 unspecified atom stereocenters. The summed E-state index contributed by atoms with van der Waals surface area (Å²) in [5.74, 6) is -0.667. The molecule has 1 aromatic carbocycles. The number of nitrogens with zero attached hydrogens (tertiary/aromatic N) is 8. The number of carbonyl (C=O) groups is 1. The second-order valence-corrected chi connectivity index (χ2v) is 10.7. The Hall–Kier alpha value is -5.57. The third-order valence-electron chi connectivity index (χ3n) is 7.73. The minimum absolute atomic E-state index is 0.00684. The number of piperidine rings is 1. The van der Waals surface area contributed by atoms with Gasteiger partial charge in [0.25, 0.3) is 0 Å². The van der Waals surface area contributed by atoms with Gasteiger partial charge in [0.15, 0.2) is 17.5 Å². The number of carbonyl (C=O) groups excluding carboxylic acids is 1. The zero-order chi connectivity index (χ0) is 30.6. The Balaban J connectivity index is 1.36. The summed E-state index contributed by atoms with van der Waals surface area (Å²) in [7, 11) is 1.91. The highest BCUT2D eigenvalue weighted by atomic mass is 19.1. The fraction of sp³-hybridized carbons (Fsp3) is 0.250. The highest BCUT2D eigenvalue weighted by molar-refractivity contribution is 5.79. The van der Waals surface area contributed by atoms with Gasteiger partial charge in [-0.25, -0.2) is 18.9 Å². The van der Waals surface area contributed by atoms with E-state index in [1.165, 1.54) is 6.07 Å². The van der Waals surface area contributed by atoms with Crippen molar-refractivity contribution in [2.24, 2.45) is 0 Å². The molecule has 1 aliphatic rings. The van der Waals surface area contributed by atoms with E-state index in [4.69, 9.17) is 5.26 Å². The van der Waals surface area contributed by atoms with Crippen LogP contribution in [-0.4, -0.2) is 66.7 Å². The molecule has 0 bridgehead atoms. The van der Waals surface area contributed by atoms with E-state index in [0.717, 1.165) is 11.2 Å². The van der Waals surface area contributed by atoms with Gasteiger partial charge >= 0.3 is 0 Å². The van der Waals surface area contributed by atoms with Crippen LogP contribution in [0.15, 0.2) is 73.3 Å². The van der Waals surface area contributed by atoms with Crippen LogP contribution in [0.1, 0.15) is 24.8 Å². The second-order valence-electron chi connectivity index (χ2n) is 10.7. The van der Waals surface area contributed by atoms with E-state index in [0.29, 0.717) is 49.2 Å². The van der Waals surface area contributed by atoms with Gasteiger partial charge in [0.1, 0.15) is 17.9 Å². The van der Waals surface area contributed by atoms with Crippen LogP contribution in [0, 0.1) is 17.1 Å². The summed E-state index contributed by atoms with van der Waals surface area (Å²) < 4.78 is 18.0. The van der Waals surface area contributed by atoms with Crippen LogP contribution in [0.2, 0.25) is 0 Å². The maximum atomic E-state index is 16.3. The molecule has 1 amide bonds. The number of hydrogen-bond acceptors (Lipinski definition) is 9. The number of halogens is 1. The maximum Gasteiger partial charge on any atom is 0.236 e. The minimum atomic E-state index is -0.674. The largest absolute Gasteiger partial charge is 0.508 e. The fourth-order valence-corrected chi connectivity index (χ4v) is 5.45. The van der Waals surface area contributed by atoms with Gasteiger partial charge in [-0.15, -0.1) is 0 Å². The lowest BCUT2D eigenvalue weighted by Crippen LogP contribution is -2.45. The topological polar surface area (TPSA) is 136 Å². The lowest BCUT2D eigenvalue weighted by atomic mass is 10.0. The third-order valence-corrected chi connectivity index (χ3v) is 7.73. The van der Waals surface area contributed by atoms with Gasteiger partial charge in [0.2, 0.25) is 5.91 Å². The number of nitriles is 1. The normalized spacial score (nSPS) is 14.8. The first-order valence-corrected chi connectivity index (χ1v) is 14.3. The first-order valence-electron chi connectivity index (χ1n) is 14.3. The van der Waals surface area contributed by atoms with E-state index >= 15 is 4.39 Å². The number of rotatable bonds is 8. The zero-order valence-electron chi connectivity index (χ0n) is 24.1. The molecule has 11 nitrogen and oxygen atoms in total. The first-order chi connectivity index (χ1) is 21.4. The van der Waals surface area contributed by atoms with Crippen LogP contribution in [-0.2, 0) is 11.3 Å². The van der Waals surface area contributed by atoms with Crippen LogP contribution >= 0.6 is 0 Å². The monoisotopic (exact) mass is 591 g/mol. The number of aromatic hydroxyl groups is 1. The number of amides is 1. The van der Waals surface area contributed by atoms with Crippen molar-refractivity contribution in [3.8, 4) is 34.5 Å². The smallest absolute Gasteiger partial charge is 0.236 e. The molecular weight excluding hydrogens is 561 g/mol. The van der Waals surface area contributed by atoms with Gasteiger partial charge in [0, 0.05) is 68.1 Å². The van der Waals surface area contributed by atoms with Crippen molar-refractivity contribution in [3.63, 3.8) is 0 Å². The number of hydrogen-bond donors (Lipinski definition) is 2. The number of likely N-dealkylation sites (tertiary alicyclic amines) is 1. The number of pyridine rings is 2. The molecular formula is C32H30FN9O2. The summed E-state index contributed by atoms with van der Waals surface area (Å²) in [6.45, 7) is 1.29. The van der Waals surface area contributed by atoms with Crippen molar-refractivity contribution in [3.05, 3.63) is 84.7 Å². The van der Waals surface area contributed by atoms with E-state index < -0.39 is 5.82 Å². The first kappa shape index (κ1) is 28.5. The van der Waals surface area contributed by atoms with E-state index in [-0.39, 0.29) is 41.5 Å². The highest BCUT2D eigenvalue weighted by Crippen LogP contribution is 2.34. The Morgan fingerprint density at radius 3 is 2.84 bits per heavy atom. The third kappa shape index (κ3) is 5.85. The molecule has 2 N–H and O–H groups in total. The van der Waals surface area contributed by atoms with Crippen molar-refractivity contribution < 1.29 is 14.3 Å². The summed E-state index contributed by atoms with van der Waals surface area (Å²) in [4.78, 5) is 29.2. The number of nitrogens with one attached hydrogen (secondary N) is 1. The summed E-state index contributed by atoms with van der Waals surface area (Å²) in [6.07, 6.45) is 8.05. The van der Waals surface area contributed by atoms with Gasteiger partial charge in [0.05, 0.1) is 23.3 Å². The van der Waals surface area contributed by atoms with Crippen LogP contribution in [0.4, 0.5) is 15.9 Å². The Kier molecular flexibility index (Phi) is 8.01. The van der Waals surface area contributed by atoms with E-state index in [9.17, 15) is 9.90 Å². The van der Waals surface area contributed by atoms with Crippen molar-refractivity contribution >= 4 is 22.9 Å². The zero-order valence-corrected chi connectivity index (χ0v) is 24.1. The molecule has 6 rings (SSSR count). The lowest BCUT2D eigenvalue weighted by molar-refractivity contribution is -0.131. The number of aromatic nitrogens is 5. The molecule has 12 heteroatoms. The number of fused-ring (bicyclic) bond motifs is 1. The van der Waals surface area contributed by atoms with Crippen molar-refractivity contribution in [2.75, 3.05) is 30.4 Å². The number of phenolic OH excluding ortho intramolecular Hbond substituents is 1. The Morgan fingerprint density at radius 1 is 1.20 bits per heavy atom. The standard InChI is InChI=1S/C32H30FN9O2/c1-40(24-10-13-35-14-11-24)19-22-8-7-21(17-27(22)43)30-29(33)32(37-23-5-4-15-41(20-23)28(44)9-12-34)39-31(38-30)25-18-36-42-16-3-2-6-26(25)42/h2-3,6-8,10-11,13-14,16-18,23,43H,4-5,9,15,19-20H2,1H3,(H,37,38,39)/t23-/m1/s1. The maximum absolute atomic E-state index is 16.3. The lowest BCUT2D eigenvalue weighted by Gasteiger charge is -2.33. The Labute approximate surface area is 253 Å². The Bertz CT molecular complexity index is 1850. The fourth-order valence-electron chi connectivity index (χ4n) is 5.45. The van der Waals surface area contributed by atoms with Crippen LogP contribution < -0.4 is 10.2 Å². The minimum Gasteiger partial charge on any atom is -0.508 e.